The first-order valence-electron chi connectivity index (χ1n) is 7.49. The van der Waals surface area contributed by atoms with Gasteiger partial charge in [-0.1, -0.05) is 18.2 Å². The van der Waals surface area contributed by atoms with Crippen molar-refractivity contribution >= 4 is 22.5 Å². The van der Waals surface area contributed by atoms with Gasteiger partial charge < -0.3 is 9.73 Å². The van der Waals surface area contributed by atoms with Crippen LogP contribution in [0.1, 0.15) is 5.56 Å². The number of fused-ring (bicyclic) bond motifs is 2. The van der Waals surface area contributed by atoms with E-state index in [4.69, 9.17) is 4.42 Å². The number of oxazole rings is 1. The van der Waals surface area contributed by atoms with Crippen LogP contribution in [0.4, 0.5) is 0 Å². The Morgan fingerprint density at radius 1 is 1.12 bits per heavy atom. The Balaban J connectivity index is 1.50. The highest BCUT2D eigenvalue weighted by atomic mass is 16.4. The Hall–Kier alpha value is -3.35. The van der Waals surface area contributed by atoms with Gasteiger partial charge >= 0.3 is 5.76 Å². The number of pyridine rings is 1. The summed E-state index contributed by atoms with van der Waals surface area (Å²) in [5.41, 5.74) is 2.92. The number of carbonyl (C=O) groups excluding carboxylic acids is 1. The average molecular weight is 322 g/mol. The summed E-state index contributed by atoms with van der Waals surface area (Å²) in [6, 6.07) is 12.8. The van der Waals surface area contributed by atoms with Crippen molar-refractivity contribution in [2.75, 3.05) is 0 Å². The molecule has 0 spiro atoms. The summed E-state index contributed by atoms with van der Waals surface area (Å²) in [6.07, 6.45) is 3.56. The molecule has 0 unspecified atom stereocenters. The summed E-state index contributed by atoms with van der Waals surface area (Å²) < 4.78 is 8.19. The summed E-state index contributed by atoms with van der Waals surface area (Å²) in [4.78, 5) is 24.1. The van der Waals surface area contributed by atoms with Gasteiger partial charge in [-0.05, 0) is 24.3 Å². The molecule has 0 aliphatic heterocycles. The summed E-state index contributed by atoms with van der Waals surface area (Å²) in [6.45, 7) is 0.256. The summed E-state index contributed by atoms with van der Waals surface area (Å²) in [7, 11) is 0. The van der Waals surface area contributed by atoms with E-state index in [1.165, 1.54) is 4.57 Å². The molecular formula is C17H14N4O3. The second-order valence-corrected chi connectivity index (χ2v) is 5.40. The van der Waals surface area contributed by atoms with Crippen LogP contribution >= 0.6 is 0 Å². The lowest BCUT2D eigenvalue weighted by Gasteiger charge is -2.05. The minimum Gasteiger partial charge on any atom is -0.408 e. The number of amides is 1. The Kier molecular flexibility index (Phi) is 3.38. The van der Waals surface area contributed by atoms with E-state index < -0.39 is 5.76 Å². The quantitative estimate of drug-likeness (QED) is 0.618. The molecule has 0 fully saturated rings. The number of hydrogen-bond acceptors (Lipinski definition) is 4. The minimum absolute atomic E-state index is 0.0882. The van der Waals surface area contributed by atoms with Crippen LogP contribution in [0.2, 0.25) is 0 Å². The molecule has 1 aromatic carbocycles. The fourth-order valence-electron chi connectivity index (χ4n) is 2.68. The van der Waals surface area contributed by atoms with Gasteiger partial charge in [-0.25, -0.2) is 9.31 Å². The normalized spacial score (nSPS) is 11.2. The molecule has 4 rings (SSSR count). The van der Waals surface area contributed by atoms with Crippen molar-refractivity contribution in [3.8, 4) is 0 Å². The average Bonchev–Trinajstić information content (AvgIpc) is 3.15. The molecular weight excluding hydrogens is 308 g/mol. The summed E-state index contributed by atoms with van der Waals surface area (Å²) >= 11 is 0. The van der Waals surface area contributed by atoms with E-state index in [9.17, 15) is 9.59 Å². The molecule has 0 aliphatic carbocycles. The van der Waals surface area contributed by atoms with Crippen LogP contribution in [0.5, 0.6) is 0 Å². The smallest absolute Gasteiger partial charge is 0.408 e. The largest absolute Gasteiger partial charge is 0.420 e. The third kappa shape index (κ3) is 2.45. The van der Waals surface area contributed by atoms with Crippen LogP contribution in [0, 0.1) is 0 Å². The molecule has 0 saturated heterocycles. The lowest BCUT2D eigenvalue weighted by Crippen LogP contribution is -2.30. The molecule has 4 aromatic rings. The van der Waals surface area contributed by atoms with Crippen LogP contribution in [0.3, 0.4) is 0 Å². The van der Waals surface area contributed by atoms with Crippen LogP contribution in [0.25, 0.3) is 16.6 Å². The van der Waals surface area contributed by atoms with Gasteiger partial charge in [0.15, 0.2) is 5.58 Å². The van der Waals surface area contributed by atoms with Crippen LogP contribution < -0.4 is 11.1 Å². The molecule has 120 valence electrons. The molecule has 3 aromatic heterocycles. The van der Waals surface area contributed by atoms with E-state index in [-0.39, 0.29) is 12.5 Å². The number of aromatic nitrogens is 3. The molecule has 1 amide bonds. The van der Waals surface area contributed by atoms with Gasteiger partial charge in [0, 0.05) is 18.3 Å². The van der Waals surface area contributed by atoms with Crippen molar-refractivity contribution < 1.29 is 9.21 Å². The number of rotatable bonds is 4. The minimum atomic E-state index is -0.540. The van der Waals surface area contributed by atoms with Crippen molar-refractivity contribution in [3.63, 3.8) is 0 Å². The maximum Gasteiger partial charge on any atom is 0.420 e. The van der Waals surface area contributed by atoms with Gasteiger partial charge in [0.2, 0.25) is 5.91 Å². The van der Waals surface area contributed by atoms with E-state index in [2.05, 4.69) is 10.4 Å². The second kappa shape index (κ2) is 5.69. The molecule has 0 bridgehead atoms. The highest BCUT2D eigenvalue weighted by molar-refractivity contribution is 5.79. The Morgan fingerprint density at radius 2 is 1.92 bits per heavy atom. The fourth-order valence-corrected chi connectivity index (χ4v) is 2.68. The first-order valence-corrected chi connectivity index (χ1v) is 7.49. The third-order valence-corrected chi connectivity index (χ3v) is 3.86. The van der Waals surface area contributed by atoms with Crippen molar-refractivity contribution in [2.24, 2.45) is 0 Å². The number of benzene rings is 1. The monoisotopic (exact) mass is 322 g/mol. The summed E-state index contributed by atoms with van der Waals surface area (Å²) in [5, 5.41) is 7.04. The van der Waals surface area contributed by atoms with Crippen molar-refractivity contribution in [1.29, 1.82) is 0 Å². The maximum absolute atomic E-state index is 12.2. The van der Waals surface area contributed by atoms with Gasteiger partial charge in [0.25, 0.3) is 0 Å². The molecule has 0 saturated carbocycles. The zero-order chi connectivity index (χ0) is 16.5. The molecule has 0 aliphatic rings. The molecule has 0 atom stereocenters. The number of nitrogens with one attached hydrogen (secondary N) is 1. The fraction of sp³-hybridized carbons (Fsp3) is 0.118. The first-order chi connectivity index (χ1) is 11.7. The van der Waals surface area contributed by atoms with Crippen molar-refractivity contribution in [2.45, 2.75) is 13.1 Å². The van der Waals surface area contributed by atoms with Crippen molar-refractivity contribution in [1.82, 2.24) is 19.5 Å². The van der Waals surface area contributed by atoms with E-state index in [1.807, 2.05) is 24.4 Å². The first kappa shape index (κ1) is 14.3. The van der Waals surface area contributed by atoms with Gasteiger partial charge in [-0.2, -0.15) is 5.10 Å². The summed E-state index contributed by atoms with van der Waals surface area (Å²) in [5.74, 6) is -0.804. The Bertz CT molecular complexity index is 1090. The molecule has 7 nitrogen and oxygen atoms in total. The number of hydrogen-bond donors (Lipinski definition) is 1. The van der Waals surface area contributed by atoms with E-state index in [1.54, 1.807) is 35.0 Å². The van der Waals surface area contributed by atoms with Gasteiger partial charge in [0.1, 0.15) is 6.54 Å². The highest BCUT2D eigenvalue weighted by Gasteiger charge is 2.12. The topological polar surface area (TPSA) is 81.5 Å². The predicted octanol–water partition coefficient (Wildman–Crippen LogP) is 1.56. The van der Waals surface area contributed by atoms with E-state index in [0.29, 0.717) is 17.6 Å². The number of nitrogens with zero attached hydrogens (tertiary/aromatic N) is 3. The lowest BCUT2D eigenvalue weighted by atomic mass is 10.2. The zero-order valence-corrected chi connectivity index (χ0v) is 12.7. The zero-order valence-electron chi connectivity index (χ0n) is 12.7. The van der Waals surface area contributed by atoms with Crippen LogP contribution in [0.15, 0.2) is 64.1 Å². The number of para-hydroxylation sites is 2. The standard InChI is InChI=1S/C17H14N4O3/c22-16(11-20-14-6-1-2-7-15(14)24-17(20)23)18-9-12-10-19-21-8-4-3-5-13(12)21/h1-8,10H,9,11H2,(H,18,22). The Morgan fingerprint density at radius 3 is 2.83 bits per heavy atom. The second-order valence-electron chi connectivity index (χ2n) is 5.40. The third-order valence-electron chi connectivity index (χ3n) is 3.86. The van der Waals surface area contributed by atoms with Gasteiger partial charge in [-0.3, -0.25) is 9.36 Å². The van der Waals surface area contributed by atoms with Crippen LogP contribution in [-0.2, 0) is 17.9 Å². The highest BCUT2D eigenvalue weighted by Crippen LogP contribution is 2.12. The predicted molar refractivity (Wildman–Crippen MR) is 87.5 cm³/mol. The lowest BCUT2D eigenvalue weighted by molar-refractivity contribution is -0.121. The number of carbonyl (C=O) groups is 1. The van der Waals surface area contributed by atoms with Gasteiger partial charge in [-0.15, -0.1) is 0 Å². The SMILES string of the molecule is O=C(Cn1c(=O)oc2ccccc21)NCc1cnn2ccccc12. The van der Waals surface area contributed by atoms with Crippen LogP contribution in [-0.4, -0.2) is 20.1 Å². The van der Waals surface area contributed by atoms with E-state index >= 15 is 0 Å². The van der Waals surface area contributed by atoms with Gasteiger partial charge in [0.05, 0.1) is 17.2 Å². The molecule has 7 heteroatoms. The Labute approximate surface area is 136 Å². The molecule has 3 heterocycles. The molecule has 1 N–H and O–H groups in total. The maximum atomic E-state index is 12.2. The van der Waals surface area contributed by atoms with Crippen molar-refractivity contribution in [3.05, 3.63) is 71.0 Å². The molecule has 0 radical (unpaired) electrons. The van der Waals surface area contributed by atoms with E-state index in [0.717, 1.165) is 11.1 Å². The molecule has 24 heavy (non-hydrogen) atoms.